The fourth-order valence-electron chi connectivity index (χ4n) is 3.51. The largest absolute Gasteiger partial charge is 0.360 e. The zero-order valence-electron chi connectivity index (χ0n) is 18.6. The Labute approximate surface area is 192 Å². The number of amides is 2. The van der Waals surface area contributed by atoms with Gasteiger partial charge in [0, 0.05) is 31.4 Å². The fourth-order valence-corrected chi connectivity index (χ4v) is 5.78. The maximum atomic E-state index is 12.8. The van der Waals surface area contributed by atoms with E-state index in [1.165, 1.54) is 16.1 Å². The van der Waals surface area contributed by atoms with Crippen LogP contribution in [-0.2, 0) is 26.0 Å². The number of carbonyl (C=O) groups is 2. The van der Waals surface area contributed by atoms with E-state index in [4.69, 9.17) is 4.52 Å². The van der Waals surface area contributed by atoms with Crippen molar-refractivity contribution >= 4 is 45.1 Å². The van der Waals surface area contributed by atoms with Crippen molar-refractivity contribution in [1.82, 2.24) is 9.46 Å². The summed E-state index contributed by atoms with van der Waals surface area (Å²) in [7, 11) is -3.55. The Kier molecular flexibility index (Phi) is 7.63. The van der Waals surface area contributed by atoms with E-state index >= 15 is 0 Å². The minimum absolute atomic E-state index is 0.120. The van der Waals surface area contributed by atoms with Gasteiger partial charge in [-0.2, -0.15) is 4.31 Å². The normalized spacial score (nSPS) is 14.5. The lowest BCUT2D eigenvalue weighted by Gasteiger charge is -2.20. The highest BCUT2D eigenvalue weighted by Crippen LogP contribution is 2.32. The van der Waals surface area contributed by atoms with Crippen LogP contribution in [0.15, 0.2) is 33.7 Å². The predicted octanol–water partition coefficient (Wildman–Crippen LogP) is 2.66. The number of nitrogens with one attached hydrogen (secondary N) is 1. The molecule has 3 rings (SSSR count). The van der Waals surface area contributed by atoms with Crippen LogP contribution < -0.4 is 10.2 Å². The van der Waals surface area contributed by atoms with Gasteiger partial charge in [-0.05, 0) is 44.0 Å². The average Bonchev–Trinajstić information content (AvgIpc) is 3.37. The summed E-state index contributed by atoms with van der Waals surface area (Å²) in [4.78, 5) is 27.0. The molecule has 32 heavy (non-hydrogen) atoms. The van der Waals surface area contributed by atoms with Crippen LogP contribution in [0, 0.1) is 6.92 Å². The highest BCUT2D eigenvalue weighted by Gasteiger charge is 2.29. The molecule has 1 unspecified atom stereocenters. The molecule has 1 aliphatic heterocycles. The van der Waals surface area contributed by atoms with E-state index in [0.29, 0.717) is 37.6 Å². The van der Waals surface area contributed by atoms with Gasteiger partial charge >= 0.3 is 0 Å². The number of sulfonamides is 1. The summed E-state index contributed by atoms with van der Waals surface area (Å²) in [5.41, 5.74) is 1.56. The van der Waals surface area contributed by atoms with E-state index in [-0.39, 0.29) is 22.5 Å². The van der Waals surface area contributed by atoms with Gasteiger partial charge in [0.2, 0.25) is 21.8 Å². The van der Waals surface area contributed by atoms with Crippen molar-refractivity contribution in [2.45, 2.75) is 44.3 Å². The Hall–Kier alpha value is -2.37. The van der Waals surface area contributed by atoms with Crippen molar-refractivity contribution < 1.29 is 22.5 Å². The van der Waals surface area contributed by atoms with Crippen LogP contribution in [0.2, 0.25) is 0 Å². The minimum Gasteiger partial charge on any atom is -0.360 e. The van der Waals surface area contributed by atoms with Crippen LogP contribution in [0.25, 0.3) is 0 Å². The number of thioether (sulfide) groups is 1. The Bertz CT molecular complexity index is 1100. The van der Waals surface area contributed by atoms with Gasteiger partial charge in [-0.15, -0.1) is 11.8 Å². The molecule has 11 heteroatoms. The van der Waals surface area contributed by atoms with Crippen LogP contribution in [0.4, 0.5) is 11.5 Å². The molecule has 0 aliphatic carbocycles. The topological polar surface area (TPSA) is 113 Å². The molecule has 1 aromatic heterocycles. The monoisotopic (exact) mass is 480 g/mol. The second kappa shape index (κ2) is 10.1. The molecule has 2 amide bonds. The smallest absolute Gasteiger partial charge is 0.243 e. The number of aryl methyl sites for hydroxylation is 1. The second-order valence-corrected chi connectivity index (χ2v) is 10.7. The first-order chi connectivity index (χ1) is 15.2. The summed E-state index contributed by atoms with van der Waals surface area (Å²) in [5.74, 6) is 0.687. The average molecular weight is 481 g/mol. The van der Waals surface area contributed by atoms with E-state index in [2.05, 4.69) is 10.5 Å². The summed E-state index contributed by atoms with van der Waals surface area (Å²) >= 11 is 1.23. The third kappa shape index (κ3) is 5.16. The van der Waals surface area contributed by atoms with E-state index in [9.17, 15) is 18.0 Å². The summed E-state index contributed by atoms with van der Waals surface area (Å²) in [6.07, 6.45) is 0.592. The molecule has 0 fully saturated rings. The van der Waals surface area contributed by atoms with E-state index in [0.717, 1.165) is 11.3 Å². The number of rotatable bonds is 9. The lowest BCUT2D eigenvalue weighted by molar-refractivity contribution is -0.116. The molecule has 9 nitrogen and oxygen atoms in total. The van der Waals surface area contributed by atoms with Crippen LogP contribution in [0.3, 0.4) is 0 Å². The summed E-state index contributed by atoms with van der Waals surface area (Å²) in [5, 5.41) is 5.93. The summed E-state index contributed by atoms with van der Waals surface area (Å²) < 4.78 is 31.9. The lowest BCUT2D eigenvalue weighted by atomic mass is 10.2. The Morgan fingerprint density at radius 1 is 1.28 bits per heavy atom. The molecule has 0 spiro atoms. The molecule has 0 bridgehead atoms. The minimum atomic E-state index is -3.55. The third-order valence-electron chi connectivity index (χ3n) is 5.30. The van der Waals surface area contributed by atoms with Gasteiger partial charge in [-0.1, -0.05) is 19.0 Å². The van der Waals surface area contributed by atoms with Gasteiger partial charge < -0.3 is 14.7 Å². The second-order valence-electron chi connectivity index (χ2n) is 7.44. The summed E-state index contributed by atoms with van der Waals surface area (Å²) in [6.45, 7) is 8.36. The predicted molar refractivity (Wildman–Crippen MR) is 124 cm³/mol. The number of hydrogen-bond acceptors (Lipinski definition) is 7. The van der Waals surface area contributed by atoms with Crippen LogP contribution in [-0.4, -0.2) is 60.3 Å². The Morgan fingerprint density at radius 2 is 2.00 bits per heavy atom. The highest BCUT2D eigenvalue weighted by molar-refractivity contribution is 8.01. The first-order valence-electron chi connectivity index (χ1n) is 10.5. The molecule has 0 radical (unpaired) electrons. The van der Waals surface area contributed by atoms with Gasteiger partial charge in [0.1, 0.15) is 5.76 Å². The molecule has 1 aromatic carbocycles. The van der Waals surface area contributed by atoms with Gasteiger partial charge in [0.05, 0.1) is 15.9 Å². The van der Waals surface area contributed by atoms with Gasteiger partial charge in [0.15, 0.2) is 5.82 Å². The first kappa shape index (κ1) is 24.3. The fraction of sp³-hybridized carbons (Fsp3) is 0.476. The number of anilines is 2. The van der Waals surface area contributed by atoms with Gasteiger partial charge in [0.25, 0.3) is 0 Å². The first-order valence-corrected chi connectivity index (χ1v) is 13.0. The van der Waals surface area contributed by atoms with Gasteiger partial charge in [-0.3, -0.25) is 9.59 Å². The van der Waals surface area contributed by atoms with Crippen molar-refractivity contribution in [2.24, 2.45) is 0 Å². The van der Waals surface area contributed by atoms with Crippen molar-refractivity contribution in [2.75, 3.05) is 35.6 Å². The number of benzene rings is 1. The van der Waals surface area contributed by atoms with Gasteiger partial charge in [-0.25, -0.2) is 8.42 Å². The Balaban J connectivity index is 1.62. The number of aromatic nitrogens is 1. The van der Waals surface area contributed by atoms with Crippen molar-refractivity contribution in [3.63, 3.8) is 0 Å². The molecule has 1 aliphatic rings. The van der Waals surface area contributed by atoms with Crippen LogP contribution >= 0.6 is 11.8 Å². The maximum Gasteiger partial charge on any atom is 0.243 e. The molecule has 2 aromatic rings. The van der Waals surface area contributed by atoms with Crippen LogP contribution in [0.1, 0.15) is 32.1 Å². The van der Waals surface area contributed by atoms with E-state index in [1.807, 2.05) is 0 Å². The Morgan fingerprint density at radius 3 is 2.62 bits per heavy atom. The number of nitrogens with zero attached hydrogens (tertiary/aromatic N) is 3. The van der Waals surface area contributed by atoms with Crippen molar-refractivity contribution in [1.29, 1.82) is 0 Å². The molecule has 1 N–H and O–H groups in total. The van der Waals surface area contributed by atoms with E-state index < -0.39 is 15.3 Å². The molecular formula is C21H28N4O5S2. The molecule has 0 saturated heterocycles. The number of hydrogen-bond donors (Lipinski definition) is 1. The molecule has 2 heterocycles. The van der Waals surface area contributed by atoms with Crippen molar-refractivity contribution in [3.05, 3.63) is 35.6 Å². The van der Waals surface area contributed by atoms with Crippen molar-refractivity contribution in [3.8, 4) is 0 Å². The SMILES string of the molecule is CCN(CC)S(=O)(=O)c1ccc2c(c1)CCN2C(=O)CSC(C)C(=O)Nc1cc(C)on1. The molecule has 0 saturated carbocycles. The standard InChI is InChI=1S/C21H28N4O5S2/c1-5-24(6-2)32(28,29)17-7-8-18-16(12-17)9-10-25(18)20(26)13-31-15(4)21(27)22-19-11-14(3)30-23-19/h7-8,11-12,15H,5-6,9-10,13H2,1-4H3,(H,22,23,27). The van der Waals surface area contributed by atoms with Crippen LogP contribution in [0.5, 0.6) is 0 Å². The lowest BCUT2D eigenvalue weighted by Crippen LogP contribution is -2.32. The zero-order valence-corrected chi connectivity index (χ0v) is 20.3. The van der Waals surface area contributed by atoms with E-state index in [1.54, 1.807) is 56.9 Å². The highest BCUT2D eigenvalue weighted by atomic mass is 32.2. The number of fused-ring (bicyclic) bond motifs is 1. The molecule has 174 valence electrons. The zero-order chi connectivity index (χ0) is 23.5. The summed E-state index contributed by atoms with van der Waals surface area (Å²) in [6, 6.07) is 6.54. The number of carbonyl (C=O) groups excluding carboxylic acids is 2. The molecule has 1 atom stereocenters. The third-order valence-corrected chi connectivity index (χ3v) is 8.47. The maximum absolute atomic E-state index is 12.8. The molecular weight excluding hydrogens is 452 g/mol. The quantitative estimate of drug-likeness (QED) is 0.587.